The fourth-order valence-corrected chi connectivity index (χ4v) is 12.7. The second-order valence-electron chi connectivity index (χ2n) is 35.9. The smallest absolute Gasteiger partial charge is 0.302 e. The van der Waals surface area contributed by atoms with E-state index in [1.807, 2.05) is 41.5 Å². The standard InChI is InChI=1S/C35H37FN6O6.C33H35FN6O5.C14H17ClN4O3.C9H14N2O2.C5H6N2O.BrH/c1-20(43)47-18-25-24(9-8-10-29(25)42-33(45)31-21(16-38-42)13-22(14-26(31)36)34(2,3)4)27-15-28(32(44)41(7)40-27)39-30-12-11-23(17-37-30)48-19-35(5,6)46;1-32(2,3)20-12-19-15-36-40(31(43)29(19)24(34)13-20)27-9-7-8-22(23(27)17-41)25-14-26(30(42)39(6)38-25)37-28-11-10-21(16-35-28)45-18-33(4,5)44;1-14(2,21)8-22-9-4-5-12(16-7-9)17-10-6-11(15)18-19(3)13(10)20;1-9(2,12)6-13-7-3-4-8(10)11-5-7;6-5-2-1-4(8)3-7-5;/h8-17,46H,18-19H2,1-7H3,(H,37,39);7-16,41,44H,17-18H2,1-6H3,(H,35,37);4-7,21H,8H2,1-3H3,(H,16,17);3-5,12H,6H2,1-2H3,(H2,10,11);1-3,8H,(H2,6,7);1H. The lowest BCUT2D eigenvalue weighted by atomic mass is 9.86. The molecule has 724 valence electrons. The van der Waals surface area contributed by atoms with Crippen LogP contribution in [0, 0.1) is 11.6 Å². The molecule has 14 rings (SSSR count). The molecule has 41 heteroatoms. The second-order valence-corrected chi connectivity index (χ2v) is 36.3. The van der Waals surface area contributed by atoms with Crippen LogP contribution in [-0.4, -0.2) is 159 Å². The Hall–Kier alpha value is -14.6. The van der Waals surface area contributed by atoms with E-state index in [0.717, 1.165) is 34.5 Å². The number of hydrogen-bond acceptors (Lipinski definition) is 32. The van der Waals surface area contributed by atoms with Crippen LogP contribution in [0.1, 0.15) is 126 Å². The number of carbonyl (C=O) groups excluding carboxylic acids is 1. The molecule has 0 atom stereocenters. The lowest BCUT2D eigenvalue weighted by Crippen LogP contribution is -2.27. The maximum Gasteiger partial charge on any atom is 0.302 e. The highest BCUT2D eigenvalue weighted by molar-refractivity contribution is 8.93. The Bertz CT molecular complexity index is 6900. The predicted molar refractivity (Wildman–Crippen MR) is 524 cm³/mol. The summed E-state index contributed by atoms with van der Waals surface area (Å²) in [6, 6.07) is 36.9. The summed E-state index contributed by atoms with van der Waals surface area (Å²) >= 11 is 5.82. The van der Waals surface area contributed by atoms with Crippen LogP contribution in [0.25, 0.3) is 55.4 Å². The molecule has 0 spiro atoms. The van der Waals surface area contributed by atoms with Crippen molar-refractivity contribution in [3.05, 3.63) is 274 Å². The van der Waals surface area contributed by atoms with Gasteiger partial charge in [-0.2, -0.15) is 34.9 Å². The first-order chi connectivity index (χ1) is 63.7. The number of fused-ring (bicyclic) bond motifs is 2. The normalized spacial score (nSPS) is 11.5. The summed E-state index contributed by atoms with van der Waals surface area (Å²) in [6.07, 6.45) is 10.1. The van der Waals surface area contributed by atoms with E-state index in [1.54, 1.807) is 152 Å². The van der Waals surface area contributed by atoms with Gasteiger partial charge in [0.15, 0.2) is 5.15 Å². The molecule has 13 N–H and O–H groups in total. The van der Waals surface area contributed by atoms with Crippen LogP contribution in [0.4, 0.5) is 54.9 Å². The molecule has 37 nitrogen and oxygen atoms in total. The minimum atomic E-state index is -1.02. The third-order valence-electron chi connectivity index (χ3n) is 19.4. The zero-order chi connectivity index (χ0) is 99.9. The molecule has 0 unspecified atom stereocenters. The number of aromatic nitrogens is 15. The number of nitrogens with one attached hydrogen (secondary N) is 3. The summed E-state index contributed by atoms with van der Waals surface area (Å²) in [7, 11) is 4.49. The van der Waals surface area contributed by atoms with E-state index in [9.17, 15) is 54.3 Å². The van der Waals surface area contributed by atoms with E-state index in [4.69, 9.17) is 51.9 Å². The molecule has 0 radical (unpaired) electrons. The molecule has 10 aromatic heterocycles. The lowest BCUT2D eigenvalue weighted by molar-refractivity contribution is -0.142. The third-order valence-corrected chi connectivity index (χ3v) is 19.5. The average molecular weight is 1970 g/mol. The number of pyridine rings is 5. The first-order valence-corrected chi connectivity index (χ1v) is 42.6. The number of aliphatic hydroxyl groups excluding tert-OH is 1. The van der Waals surface area contributed by atoms with Crippen molar-refractivity contribution in [1.82, 2.24) is 73.8 Å². The van der Waals surface area contributed by atoms with Gasteiger partial charge in [-0.05, 0) is 187 Å². The van der Waals surface area contributed by atoms with E-state index in [1.165, 1.54) is 114 Å². The van der Waals surface area contributed by atoms with Crippen molar-refractivity contribution in [3.63, 3.8) is 0 Å². The molecule has 0 amide bonds. The molecule has 14 aromatic rings. The van der Waals surface area contributed by atoms with Crippen LogP contribution in [-0.2, 0) is 54.7 Å². The van der Waals surface area contributed by atoms with Crippen molar-refractivity contribution < 1.29 is 67.9 Å². The van der Waals surface area contributed by atoms with Crippen LogP contribution in [0.15, 0.2) is 207 Å². The number of carbonyl (C=O) groups is 1. The highest BCUT2D eigenvalue weighted by atomic mass is 79.9. The maximum atomic E-state index is 15.5. The number of nitrogens with zero attached hydrogens (tertiary/aromatic N) is 15. The molecular formula is C96H110BrClF2N20O17. The number of nitrogen functional groups attached to an aromatic ring is 2. The third kappa shape index (κ3) is 30.0. The quantitative estimate of drug-likeness (QED) is 0.0237. The number of ether oxygens (including phenoxy) is 5. The highest BCUT2D eigenvalue weighted by Crippen LogP contribution is 2.35. The van der Waals surface area contributed by atoms with Crippen molar-refractivity contribution >= 4 is 102 Å². The fourth-order valence-electron chi connectivity index (χ4n) is 12.5. The van der Waals surface area contributed by atoms with Gasteiger partial charge in [0.05, 0.1) is 106 Å². The number of aliphatic hydroxyl groups is 5. The first-order valence-electron chi connectivity index (χ1n) is 42.2. The number of aromatic hydroxyl groups is 1. The largest absolute Gasteiger partial charge is 0.506 e. The zero-order valence-electron chi connectivity index (χ0n) is 78.6. The summed E-state index contributed by atoms with van der Waals surface area (Å²) in [4.78, 5) is 97.5. The highest BCUT2D eigenvalue weighted by Gasteiger charge is 2.27. The Kier molecular flexibility index (Phi) is 34.7. The van der Waals surface area contributed by atoms with Crippen LogP contribution in [0.3, 0.4) is 0 Å². The van der Waals surface area contributed by atoms with Gasteiger partial charge < -0.3 is 81.7 Å². The molecule has 0 saturated carbocycles. The Morgan fingerprint density at radius 3 is 1.10 bits per heavy atom. The summed E-state index contributed by atoms with van der Waals surface area (Å²) in [5.41, 5.74) is 8.29. The molecule has 0 fully saturated rings. The average Bonchev–Trinajstić information content (AvgIpc) is 0.757. The van der Waals surface area contributed by atoms with Gasteiger partial charge in [0.2, 0.25) is 0 Å². The van der Waals surface area contributed by atoms with Crippen LogP contribution >= 0.6 is 28.6 Å². The number of nitrogens with two attached hydrogens (primary N) is 2. The molecule has 4 aromatic carbocycles. The molecular weight excluding hydrogens is 1860 g/mol. The Balaban J connectivity index is 0.000000215. The Morgan fingerprint density at radius 1 is 0.438 bits per heavy atom. The maximum absolute atomic E-state index is 15.5. The molecule has 0 aliphatic carbocycles. The van der Waals surface area contributed by atoms with E-state index in [-0.39, 0.29) is 117 Å². The molecule has 0 aliphatic rings. The van der Waals surface area contributed by atoms with E-state index in [0.29, 0.717) is 96.5 Å². The topological polar surface area (TPSA) is 512 Å². The molecule has 137 heavy (non-hydrogen) atoms. The van der Waals surface area contributed by atoms with Gasteiger partial charge in [-0.25, -0.2) is 47.7 Å². The summed E-state index contributed by atoms with van der Waals surface area (Å²) in [5, 5.41) is 88.8. The summed E-state index contributed by atoms with van der Waals surface area (Å²) < 4.78 is 63.5. The number of rotatable bonds is 25. The van der Waals surface area contributed by atoms with E-state index < -0.39 is 68.9 Å². The number of hydrogen-bond donors (Lipinski definition) is 11. The van der Waals surface area contributed by atoms with Crippen molar-refractivity contribution in [3.8, 4) is 62.6 Å². The van der Waals surface area contributed by atoms with Crippen molar-refractivity contribution in [1.29, 1.82) is 0 Å². The molecule has 0 aliphatic heterocycles. The number of anilines is 8. The number of esters is 1. The van der Waals surface area contributed by atoms with Crippen molar-refractivity contribution in [2.75, 3.05) is 53.8 Å². The minimum absolute atomic E-state index is 0. The number of benzene rings is 4. The van der Waals surface area contributed by atoms with Gasteiger partial charge in [-0.15, -0.1) is 17.0 Å². The lowest BCUT2D eigenvalue weighted by Gasteiger charge is -2.20. The van der Waals surface area contributed by atoms with Gasteiger partial charge in [0.1, 0.15) is 120 Å². The minimum Gasteiger partial charge on any atom is -0.506 e. The predicted octanol–water partition coefficient (Wildman–Crippen LogP) is 12.8. The van der Waals surface area contributed by atoms with Gasteiger partial charge in [-0.1, -0.05) is 77.4 Å². The number of aryl methyl sites for hydroxylation is 3. The first kappa shape index (κ1) is 106. The van der Waals surface area contributed by atoms with Crippen LogP contribution in [0.2, 0.25) is 5.15 Å². The van der Waals surface area contributed by atoms with Crippen molar-refractivity contribution in [2.24, 2.45) is 21.1 Å². The fraction of sp³-hybridized carbons (Fsp3) is 0.312. The molecule has 0 saturated heterocycles. The van der Waals surface area contributed by atoms with Crippen molar-refractivity contribution in [2.45, 2.75) is 150 Å². The molecule has 0 bridgehead atoms. The Labute approximate surface area is 801 Å². The second kappa shape index (κ2) is 44.7. The Morgan fingerprint density at radius 2 is 0.781 bits per heavy atom. The summed E-state index contributed by atoms with van der Waals surface area (Å²) in [5.74, 6) is 2.31. The van der Waals surface area contributed by atoms with Crippen LogP contribution in [0.5, 0.6) is 28.7 Å². The molecule has 10 heterocycles. The van der Waals surface area contributed by atoms with E-state index >= 15 is 8.78 Å². The van der Waals surface area contributed by atoms with Gasteiger partial charge in [0, 0.05) is 67.2 Å². The van der Waals surface area contributed by atoms with E-state index in [2.05, 4.69) is 66.4 Å². The van der Waals surface area contributed by atoms with Gasteiger partial charge in [-0.3, -0.25) is 28.8 Å². The van der Waals surface area contributed by atoms with Gasteiger partial charge >= 0.3 is 5.97 Å². The monoisotopic (exact) mass is 1970 g/mol. The van der Waals surface area contributed by atoms with Gasteiger partial charge in [0.25, 0.3) is 27.8 Å². The summed E-state index contributed by atoms with van der Waals surface area (Å²) in [6.45, 7) is 25.9. The number of halogens is 4. The zero-order valence-corrected chi connectivity index (χ0v) is 81.1. The van der Waals surface area contributed by atoms with Crippen LogP contribution < -0.4 is 74.2 Å². The SMILES string of the molecule is Br.CC(=O)OCc1c(-c2cc(Nc3ccc(OCC(C)(C)O)cn3)c(=O)n(C)n2)cccc1-n1ncc2cc(C(C)(C)C)cc(F)c2c1=O.CC(C)(O)COc1ccc(N)nc1.Cn1nc(-c2cccc(-n3ncc4cc(C(C)(C)C)cc(F)c4c3=O)c2CO)cc(Nc2ccc(OCC(C)(C)O)cn2)c1=O.Cn1nc(Cl)cc(Nc2ccc(OCC(C)(C)O)cn2)c1=O.Nc1ccc(O)cn1.